The molecule has 2 aromatic rings. The van der Waals surface area contributed by atoms with Crippen molar-refractivity contribution in [3.63, 3.8) is 0 Å². The maximum Gasteiger partial charge on any atom is 0.0522 e. The fourth-order valence-electron chi connectivity index (χ4n) is 2.11. The molecule has 94 valence electrons. The Morgan fingerprint density at radius 1 is 1.39 bits per heavy atom. The van der Waals surface area contributed by atoms with E-state index in [1.165, 1.54) is 5.56 Å². The third-order valence-corrected chi connectivity index (χ3v) is 3.76. The zero-order valence-electron chi connectivity index (χ0n) is 10.8. The third-order valence-electron chi connectivity index (χ3n) is 3.14. The number of pyridine rings is 1. The van der Waals surface area contributed by atoms with Crippen LogP contribution in [0.2, 0.25) is 0 Å². The SMILES string of the molecule is CC(Cl)=CCc1c(C)[nH]c2c(C)cccc2c1=S. The van der Waals surface area contributed by atoms with E-state index >= 15 is 0 Å². The number of nitrogens with one attached hydrogen (secondary N) is 1. The lowest BCUT2D eigenvalue weighted by Crippen LogP contribution is -1.96. The molecular formula is C15H16ClNS. The smallest absolute Gasteiger partial charge is 0.0522 e. The van der Waals surface area contributed by atoms with Crippen molar-refractivity contribution in [2.75, 3.05) is 0 Å². The summed E-state index contributed by atoms with van der Waals surface area (Å²) in [6.07, 6.45) is 2.77. The molecule has 0 fully saturated rings. The van der Waals surface area contributed by atoms with Gasteiger partial charge in [-0.25, -0.2) is 0 Å². The second-order valence-corrected chi connectivity index (χ2v) is 5.55. The summed E-state index contributed by atoms with van der Waals surface area (Å²) in [5, 5.41) is 1.92. The molecule has 0 bridgehead atoms. The molecule has 1 nitrogen and oxygen atoms in total. The van der Waals surface area contributed by atoms with E-state index in [1.807, 2.05) is 19.1 Å². The van der Waals surface area contributed by atoms with Crippen LogP contribution in [0.5, 0.6) is 0 Å². The number of hydrogen-bond donors (Lipinski definition) is 1. The fourth-order valence-corrected chi connectivity index (χ4v) is 2.59. The molecule has 0 atom stereocenters. The lowest BCUT2D eigenvalue weighted by molar-refractivity contribution is 1.12. The average molecular weight is 278 g/mol. The van der Waals surface area contributed by atoms with Gasteiger partial charge in [0.15, 0.2) is 0 Å². The first-order chi connectivity index (χ1) is 8.50. The Morgan fingerprint density at radius 2 is 2.11 bits per heavy atom. The average Bonchev–Trinajstić information content (AvgIpc) is 2.30. The van der Waals surface area contributed by atoms with Crippen LogP contribution in [0.1, 0.15) is 23.7 Å². The van der Waals surface area contributed by atoms with Crippen molar-refractivity contribution in [1.82, 2.24) is 4.98 Å². The molecule has 1 aromatic carbocycles. The molecular weight excluding hydrogens is 262 g/mol. The van der Waals surface area contributed by atoms with E-state index in [9.17, 15) is 0 Å². The standard InChI is InChI=1S/C15H16ClNS/c1-9-5-4-6-13-14(9)17-11(3)12(15(13)18)8-7-10(2)16/h4-7H,8H2,1-3H3,(H,17,18). The summed E-state index contributed by atoms with van der Waals surface area (Å²) in [5.74, 6) is 0. The van der Waals surface area contributed by atoms with Crippen molar-refractivity contribution in [3.05, 3.63) is 50.6 Å². The lowest BCUT2D eigenvalue weighted by atomic mass is 10.0. The second-order valence-electron chi connectivity index (χ2n) is 4.55. The Kier molecular flexibility index (Phi) is 3.88. The van der Waals surface area contributed by atoms with Crippen molar-refractivity contribution in [2.24, 2.45) is 0 Å². The molecule has 1 aromatic heterocycles. The molecule has 0 aliphatic rings. The first kappa shape index (κ1) is 13.3. The molecule has 0 aliphatic heterocycles. The Balaban J connectivity index is 2.70. The number of halogens is 1. The van der Waals surface area contributed by atoms with E-state index in [0.717, 1.165) is 38.1 Å². The largest absolute Gasteiger partial charge is 0.358 e. The predicted molar refractivity (Wildman–Crippen MR) is 81.9 cm³/mol. The van der Waals surface area contributed by atoms with Crippen LogP contribution in [0, 0.1) is 18.4 Å². The summed E-state index contributed by atoms with van der Waals surface area (Å²) in [5.41, 5.74) is 4.63. The van der Waals surface area contributed by atoms with Crippen LogP contribution in [-0.4, -0.2) is 4.98 Å². The van der Waals surface area contributed by atoms with Crippen molar-refractivity contribution in [3.8, 4) is 0 Å². The fraction of sp³-hybridized carbons (Fsp3) is 0.267. The van der Waals surface area contributed by atoms with E-state index in [0.29, 0.717) is 0 Å². The third kappa shape index (κ3) is 2.50. The molecule has 2 rings (SSSR count). The predicted octanol–water partition coefficient (Wildman–Crippen LogP) is 5.20. The zero-order valence-corrected chi connectivity index (χ0v) is 12.4. The maximum absolute atomic E-state index is 5.89. The quantitative estimate of drug-likeness (QED) is 0.746. The molecule has 3 heteroatoms. The Labute approximate surface area is 117 Å². The minimum absolute atomic E-state index is 0.778. The maximum atomic E-state index is 5.89. The highest BCUT2D eigenvalue weighted by Gasteiger charge is 2.06. The van der Waals surface area contributed by atoms with Crippen LogP contribution in [0.4, 0.5) is 0 Å². The number of rotatable bonds is 2. The monoisotopic (exact) mass is 277 g/mol. The Morgan fingerprint density at radius 3 is 2.78 bits per heavy atom. The molecule has 18 heavy (non-hydrogen) atoms. The van der Waals surface area contributed by atoms with Crippen molar-refractivity contribution in [2.45, 2.75) is 27.2 Å². The molecule has 1 N–H and O–H groups in total. The number of para-hydroxylation sites is 1. The van der Waals surface area contributed by atoms with E-state index in [4.69, 9.17) is 23.8 Å². The van der Waals surface area contributed by atoms with Gasteiger partial charge in [0.2, 0.25) is 0 Å². The van der Waals surface area contributed by atoms with Gasteiger partial charge in [-0.3, -0.25) is 0 Å². The van der Waals surface area contributed by atoms with Crippen LogP contribution >= 0.6 is 23.8 Å². The summed E-state index contributed by atoms with van der Waals surface area (Å²) < 4.78 is 0.930. The number of hydrogen-bond acceptors (Lipinski definition) is 1. The van der Waals surface area contributed by atoms with Gasteiger partial charge < -0.3 is 4.98 Å². The number of aryl methyl sites for hydroxylation is 2. The van der Waals surface area contributed by atoms with E-state index in [1.54, 1.807) is 0 Å². The van der Waals surface area contributed by atoms with Gasteiger partial charge in [0.25, 0.3) is 0 Å². The Hall–Kier alpha value is -1.12. The molecule has 0 amide bonds. The van der Waals surface area contributed by atoms with Gasteiger partial charge in [-0.1, -0.05) is 48.1 Å². The number of H-pyrrole nitrogens is 1. The zero-order chi connectivity index (χ0) is 13.3. The number of allylic oxidation sites excluding steroid dienone is 2. The number of aromatic amines is 1. The van der Waals surface area contributed by atoms with Crippen LogP contribution < -0.4 is 0 Å². The van der Waals surface area contributed by atoms with Crippen molar-refractivity contribution in [1.29, 1.82) is 0 Å². The molecule has 0 aliphatic carbocycles. The minimum atomic E-state index is 0.778. The molecule has 0 saturated carbocycles. The lowest BCUT2D eigenvalue weighted by Gasteiger charge is -2.10. The normalized spacial score (nSPS) is 12.1. The van der Waals surface area contributed by atoms with Crippen LogP contribution in [0.3, 0.4) is 0 Å². The number of aromatic nitrogens is 1. The molecule has 0 unspecified atom stereocenters. The van der Waals surface area contributed by atoms with Crippen LogP contribution in [0.25, 0.3) is 10.9 Å². The molecule has 0 spiro atoms. The molecule has 0 saturated heterocycles. The van der Waals surface area contributed by atoms with Gasteiger partial charge in [-0.15, -0.1) is 0 Å². The van der Waals surface area contributed by atoms with Crippen LogP contribution in [0.15, 0.2) is 29.3 Å². The van der Waals surface area contributed by atoms with E-state index in [2.05, 4.69) is 31.0 Å². The van der Waals surface area contributed by atoms with Gasteiger partial charge in [0.05, 0.1) is 4.51 Å². The summed E-state index contributed by atoms with van der Waals surface area (Å²) in [7, 11) is 0. The number of benzene rings is 1. The van der Waals surface area contributed by atoms with E-state index in [-0.39, 0.29) is 0 Å². The minimum Gasteiger partial charge on any atom is -0.358 e. The summed E-state index contributed by atoms with van der Waals surface area (Å²) in [4.78, 5) is 3.45. The molecule has 0 radical (unpaired) electrons. The topological polar surface area (TPSA) is 15.8 Å². The highest BCUT2D eigenvalue weighted by molar-refractivity contribution is 7.71. The second kappa shape index (κ2) is 5.25. The highest BCUT2D eigenvalue weighted by Crippen LogP contribution is 2.23. The van der Waals surface area contributed by atoms with Crippen LogP contribution in [-0.2, 0) is 6.42 Å². The number of fused-ring (bicyclic) bond motifs is 1. The molecule has 1 heterocycles. The Bertz CT molecular complexity index is 679. The van der Waals surface area contributed by atoms with Gasteiger partial charge in [0.1, 0.15) is 0 Å². The van der Waals surface area contributed by atoms with Crippen molar-refractivity contribution < 1.29 is 0 Å². The van der Waals surface area contributed by atoms with Gasteiger partial charge in [-0.05, 0) is 38.3 Å². The summed E-state index contributed by atoms with van der Waals surface area (Å²) in [6, 6.07) is 6.21. The highest BCUT2D eigenvalue weighted by atomic mass is 35.5. The van der Waals surface area contributed by atoms with E-state index < -0.39 is 0 Å². The summed E-state index contributed by atoms with van der Waals surface area (Å²) in [6.45, 7) is 6.04. The van der Waals surface area contributed by atoms with Gasteiger partial charge in [-0.2, -0.15) is 0 Å². The van der Waals surface area contributed by atoms with Gasteiger partial charge in [0, 0.05) is 21.6 Å². The first-order valence-corrected chi connectivity index (χ1v) is 6.72. The van der Waals surface area contributed by atoms with Crippen molar-refractivity contribution >= 4 is 34.7 Å². The first-order valence-electron chi connectivity index (χ1n) is 5.94. The van der Waals surface area contributed by atoms with Gasteiger partial charge >= 0.3 is 0 Å². The summed E-state index contributed by atoms with van der Waals surface area (Å²) >= 11 is 11.5.